The van der Waals surface area contributed by atoms with Crippen LogP contribution in [0.25, 0.3) is 0 Å². The number of carbonyl (C=O) groups is 1. The molecule has 0 radical (unpaired) electrons. The predicted octanol–water partition coefficient (Wildman–Crippen LogP) is 1.54. The Labute approximate surface area is 137 Å². The van der Waals surface area contributed by atoms with Crippen molar-refractivity contribution in [2.75, 3.05) is 26.7 Å². The number of likely N-dealkylation sites (tertiary alicyclic amines) is 2. The largest absolute Gasteiger partial charge is 0.381 e. The molecular weight excluding hydrogens is 290 g/mol. The summed E-state index contributed by atoms with van der Waals surface area (Å²) in [5.41, 5.74) is 1.28. The van der Waals surface area contributed by atoms with E-state index >= 15 is 0 Å². The lowest BCUT2D eigenvalue weighted by Crippen LogP contribution is -2.54. The number of hydrogen-bond acceptors (Lipinski definition) is 4. The van der Waals surface area contributed by atoms with Gasteiger partial charge in [0.15, 0.2) is 0 Å². The van der Waals surface area contributed by atoms with Gasteiger partial charge in [0.1, 0.15) is 0 Å². The van der Waals surface area contributed by atoms with Crippen LogP contribution in [0, 0.1) is 11.8 Å². The Morgan fingerprint density at radius 2 is 2.04 bits per heavy atom. The summed E-state index contributed by atoms with van der Waals surface area (Å²) in [5.74, 6) is 1.14. The summed E-state index contributed by atoms with van der Waals surface area (Å²) in [5, 5.41) is 0. The molecule has 23 heavy (non-hydrogen) atoms. The summed E-state index contributed by atoms with van der Waals surface area (Å²) >= 11 is 0. The molecule has 0 N–H and O–H groups in total. The molecule has 5 nitrogen and oxygen atoms in total. The summed E-state index contributed by atoms with van der Waals surface area (Å²) in [6, 6.07) is 4.47. The third-order valence-corrected chi connectivity index (χ3v) is 5.61. The molecule has 124 valence electrons. The molecule has 2 aliphatic heterocycles. The fraction of sp³-hybridized carbons (Fsp3) is 0.667. The smallest absolute Gasteiger partial charge is 0.225 e. The average molecular weight is 315 g/mol. The van der Waals surface area contributed by atoms with Crippen molar-refractivity contribution in [1.29, 1.82) is 0 Å². The molecule has 1 aromatic rings. The van der Waals surface area contributed by atoms with E-state index in [1.807, 2.05) is 19.5 Å². The molecular formula is C18H25N3O2. The first-order valence-electron chi connectivity index (χ1n) is 8.71. The number of hydrogen-bond donors (Lipinski definition) is 0. The normalized spacial score (nSPS) is 31.2. The molecule has 1 amide bonds. The zero-order valence-corrected chi connectivity index (χ0v) is 13.7. The summed E-state index contributed by atoms with van der Waals surface area (Å²) < 4.78 is 5.73. The first-order chi connectivity index (χ1) is 11.3. The van der Waals surface area contributed by atoms with Gasteiger partial charge in [0.05, 0.1) is 12.1 Å². The van der Waals surface area contributed by atoms with Gasteiger partial charge in [-0.05, 0) is 37.0 Å². The van der Waals surface area contributed by atoms with E-state index in [4.69, 9.17) is 4.74 Å². The Kier molecular flexibility index (Phi) is 4.07. The van der Waals surface area contributed by atoms with Crippen molar-refractivity contribution in [1.82, 2.24) is 14.8 Å². The highest BCUT2D eigenvalue weighted by atomic mass is 16.5. The van der Waals surface area contributed by atoms with Gasteiger partial charge in [0, 0.05) is 57.5 Å². The summed E-state index contributed by atoms with van der Waals surface area (Å²) in [6.07, 6.45) is 7.12. The third kappa shape index (κ3) is 3.00. The van der Waals surface area contributed by atoms with Crippen LogP contribution in [0.4, 0.5) is 0 Å². The van der Waals surface area contributed by atoms with E-state index in [0.717, 1.165) is 45.4 Å². The zero-order valence-electron chi connectivity index (χ0n) is 13.7. The number of piperidine rings is 1. The van der Waals surface area contributed by atoms with Crippen molar-refractivity contribution in [2.24, 2.45) is 11.8 Å². The van der Waals surface area contributed by atoms with Gasteiger partial charge in [-0.25, -0.2) is 0 Å². The van der Waals surface area contributed by atoms with Gasteiger partial charge in [-0.3, -0.25) is 14.7 Å². The van der Waals surface area contributed by atoms with Gasteiger partial charge in [-0.2, -0.15) is 0 Å². The van der Waals surface area contributed by atoms with Crippen LogP contribution in [-0.2, 0) is 16.1 Å². The summed E-state index contributed by atoms with van der Waals surface area (Å²) in [6.45, 7) is 3.76. The first kappa shape index (κ1) is 15.1. The van der Waals surface area contributed by atoms with Crippen LogP contribution in [0.5, 0.6) is 0 Å². The Balaban J connectivity index is 1.48. The topological polar surface area (TPSA) is 45.7 Å². The number of aromatic nitrogens is 1. The van der Waals surface area contributed by atoms with Gasteiger partial charge >= 0.3 is 0 Å². The molecule has 2 saturated heterocycles. The molecule has 0 bridgehead atoms. The molecule has 1 aliphatic carbocycles. The van der Waals surface area contributed by atoms with Gasteiger partial charge in [-0.15, -0.1) is 0 Å². The molecule has 3 atom stereocenters. The quantitative estimate of drug-likeness (QED) is 0.845. The first-order valence-corrected chi connectivity index (χ1v) is 8.71. The number of methoxy groups -OCH3 is 1. The monoisotopic (exact) mass is 315 g/mol. The van der Waals surface area contributed by atoms with Crippen LogP contribution in [0.3, 0.4) is 0 Å². The Bertz CT molecular complexity index is 561. The number of rotatable bonds is 4. The van der Waals surface area contributed by atoms with Crippen molar-refractivity contribution >= 4 is 5.91 Å². The maximum Gasteiger partial charge on any atom is 0.225 e. The maximum absolute atomic E-state index is 12.6. The molecule has 0 aromatic carbocycles. The van der Waals surface area contributed by atoms with Crippen LogP contribution in [-0.4, -0.2) is 59.6 Å². The van der Waals surface area contributed by atoms with Crippen LogP contribution in [0.1, 0.15) is 24.8 Å². The highest BCUT2D eigenvalue weighted by Crippen LogP contribution is 2.38. The SMILES string of the molecule is CO[C@@H]1CCN(C(=O)C2CC2)[C@H]2CN(Cc3ccncc3)C[C@@H]12. The average Bonchev–Trinajstić information content (AvgIpc) is 3.34. The minimum atomic E-state index is 0.283. The Morgan fingerprint density at radius 1 is 1.26 bits per heavy atom. The van der Waals surface area contributed by atoms with E-state index in [0.29, 0.717) is 23.8 Å². The van der Waals surface area contributed by atoms with Crippen LogP contribution in [0.2, 0.25) is 0 Å². The fourth-order valence-electron chi connectivity index (χ4n) is 4.24. The lowest BCUT2D eigenvalue weighted by atomic mass is 9.88. The van der Waals surface area contributed by atoms with Crippen LogP contribution in [0.15, 0.2) is 24.5 Å². The molecule has 3 heterocycles. The summed E-state index contributed by atoms with van der Waals surface area (Å²) in [4.78, 5) is 21.3. The molecule has 1 aromatic heterocycles. The molecule has 3 fully saturated rings. The van der Waals surface area contributed by atoms with Crippen molar-refractivity contribution in [3.63, 3.8) is 0 Å². The van der Waals surface area contributed by atoms with Gasteiger partial charge in [0.2, 0.25) is 5.91 Å². The molecule has 1 saturated carbocycles. The molecule has 4 rings (SSSR count). The maximum atomic E-state index is 12.6. The van der Waals surface area contributed by atoms with E-state index in [2.05, 4.69) is 26.9 Å². The van der Waals surface area contributed by atoms with Crippen molar-refractivity contribution in [3.8, 4) is 0 Å². The van der Waals surface area contributed by atoms with Crippen molar-refractivity contribution < 1.29 is 9.53 Å². The van der Waals surface area contributed by atoms with Crippen LogP contribution >= 0.6 is 0 Å². The highest BCUT2D eigenvalue weighted by Gasteiger charge is 2.48. The van der Waals surface area contributed by atoms with E-state index in [9.17, 15) is 4.79 Å². The summed E-state index contributed by atoms with van der Waals surface area (Å²) in [7, 11) is 1.81. The standard InChI is InChI=1S/C18H25N3O2/c1-23-17-6-9-21(18(22)14-2-3-14)16-12-20(11-15(16)17)10-13-4-7-19-8-5-13/h4-5,7-8,14-17H,2-3,6,9-12H2,1H3/t15-,16+,17-/m1/s1. The second-order valence-corrected chi connectivity index (χ2v) is 7.15. The highest BCUT2D eigenvalue weighted by molar-refractivity contribution is 5.81. The number of amides is 1. The fourth-order valence-corrected chi connectivity index (χ4v) is 4.24. The van der Waals surface area contributed by atoms with Crippen molar-refractivity contribution in [3.05, 3.63) is 30.1 Å². The van der Waals surface area contributed by atoms with Gasteiger partial charge < -0.3 is 9.64 Å². The lowest BCUT2D eigenvalue weighted by molar-refractivity contribution is -0.140. The molecule has 3 aliphatic rings. The minimum Gasteiger partial charge on any atom is -0.381 e. The second kappa shape index (κ2) is 6.21. The van der Waals surface area contributed by atoms with E-state index < -0.39 is 0 Å². The molecule has 0 unspecified atom stereocenters. The second-order valence-electron chi connectivity index (χ2n) is 7.15. The van der Waals surface area contributed by atoms with Crippen LogP contribution < -0.4 is 0 Å². The van der Waals surface area contributed by atoms with E-state index in [1.54, 1.807) is 0 Å². The predicted molar refractivity (Wildman–Crippen MR) is 86.6 cm³/mol. The van der Waals surface area contributed by atoms with Crippen molar-refractivity contribution in [2.45, 2.75) is 38.0 Å². The number of ether oxygens (including phenoxy) is 1. The minimum absolute atomic E-state index is 0.283. The number of carbonyl (C=O) groups excluding carboxylic acids is 1. The van der Waals surface area contributed by atoms with Gasteiger partial charge in [0.25, 0.3) is 0 Å². The zero-order chi connectivity index (χ0) is 15.8. The third-order valence-electron chi connectivity index (χ3n) is 5.61. The van der Waals surface area contributed by atoms with Gasteiger partial charge in [-0.1, -0.05) is 0 Å². The molecule has 0 spiro atoms. The van der Waals surface area contributed by atoms with E-state index in [-0.39, 0.29) is 6.10 Å². The molecule has 5 heteroatoms. The Hall–Kier alpha value is -1.46. The number of fused-ring (bicyclic) bond motifs is 1. The van der Waals surface area contributed by atoms with E-state index in [1.165, 1.54) is 5.56 Å². The lowest BCUT2D eigenvalue weighted by Gasteiger charge is -2.41. The Morgan fingerprint density at radius 3 is 2.74 bits per heavy atom. The number of nitrogens with zero attached hydrogens (tertiary/aromatic N) is 3. The number of pyridine rings is 1.